The smallest absolute Gasteiger partial charge is 0.216 e. The molecule has 0 saturated heterocycles. The zero-order valence-electron chi connectivity index (χ0n) is 11.4. The Labute approximate surface area is 114 Å². The molecule has 19 heavy (non-hydrogen) atoms. The Morgan fingerprint density at radius 2 is 1.79 bits per heavy atom. The molecule has 0 amide bonds. The summed E-state index contributed by atoms with van der Waals surface area (Å²) in [5.41, 5.74) is 1.65. The molecule has 0 unspecified atom stereocenters. The van der Waals surface area contributed by atoms with Gasteiger partial charge in [-0.2, -0.15) is 0 Å². The molecule has 0 spiro atoms. The lowest BCUT2D eigenvalue weighted by Crippen LogP contribution is -2.38. The van der Waals surface area contributed by atoms with Gasteiger partial charge in [0.1, 0.15) is 6.61 Å². The van der Waals surface area contributed by atoms with Crippen molar-refractivity contribution < 1.29 is 13.5 Å². The van der Waals surface area contributed by atoms with E-state index in [-0.39, 0.29) is 13.2 Å². The Hall–Kier alpha value is -1.35. The van der Waals surface area contributed by atoms with E-state index in [0.717, 1.165) is 11.1 Å². The number of aliphatic hydroxyl groups is 1. The van der Waals surface area contributed by atoms with Crippen LogP contribution < -0.4 is 4.72 Å². The Balaban J connectivity index is 2.70. The predicted octanol–water partition coefficient (Wildman–Crippen LogP) is 1.25. The van der Waals surface area contributed by atoms with E-state index in [1.165, 1.54) is 0 Å². The van der Waals surface area contributed by atoms with E-state index in [2.05, 4.69) is 16.6 Å². The molecule has 0 bridgehead atoms. The highest BCUT2D eigenvalue weighted by Gasteiger charge is 2.28. The van der Waals surface area contributed by atoms with Crippen LogP contribution in [0.5, 0.6) is 0 Å². The lowest BCUT2D eigenvalue weighted by Gasteiger charge is -2.19. The molecule has 1 rings (SSSR count). The average molecular weight is 281 g/mol. The van der Waals surface area contributed by atoms with Crippen LogP contribution in [0.25, 0.3) is 0 Å². The molecule has 0 aromatic heterocycles. The van der Waals surface area contributed by atoms with E-state index in [0.29, 0.717) is 0 Å². The number of aliphatic hydroxyl groups excluding tert-OH is 1. The zero-order valence-corrected chi connectivity index (χ0v) is 12.2. The maximum absolute atomic E-state index is 11.9. The molecule has 0 heterocycles. The van der Waals surface area contributed by atoms with Crippen molar-refractivity contribution in [3.05, 3.63) is 35.4 Å². The van der Waals surface area contributed by atoms with Crippen LogP contribution in [0.3, 0.4) is 0 Å². The molecule has 0 radical (unpaired) electrons. The standard InChI is InChI=1S/C14H19NO3S/c1-14(2,3)19(17,18)15-11-13-8-6-12(7-9-13)5-4-10-16/h6-9,15-16H,10-11H2,1-3H3. The summed E-state index contributed by atoms with van der Waals surface area (Å²) < 4.78 is 25.5. The lowest BCUT2D eigenvalue weighted by atomic mass is 10.1. The van der Waals surface area contributed by atoms with Gasteiger partial charge < -0.3 is 5.11 Å². The second kappa shape index (κ2) is 6.20. The fourth-order valence-electron chi connectivity index (χ4n) is 1.24. The largest absolute Gasteiger partial charge is 0.384 e. The number of sulfonamides is 1. The summed E-state index contributed by atoms with van der Waals surface area (Å²) in [5, 5.41) is 8.58. The van der Waals surface area contributed by atoms with Crippen molar-refractivity contribution >= 4 is 10.0 Å². The first-order valence-electron chi connectivity index (χ1n) is 5.94. The number of hydrogen-bond donors (Lipinski definition) is 2. The molecule has 5 heteroatoms. The van der Waals surface area contributed by atoms with Crippen LogP contribution in [0.1, 0.15) is 31.9 Å². The molecule has 1 aromatic rings. The van der Waals surface area contributed by atoms with Crippen molar-refractivity contribution in [2.75, 3.05) is 6.61 Å². The van der Waals surface area contributed by atoms with E-state index < -0.39 is 14.8 Å². The fraction of sp³-hybridized carbons (Fsp3) is 0.429. The number of rotatable bonds is 3. The monoisotopic (exact) mass is 281 g/mol. The minimum atomic E-state index is -3.33. The van der Waals surface area contributed by atoms with Gasteiger partial charge in [-0.15, -0.1) is 0 Å². The summed E-state index contributed by atoms with van der Waals surface area (Å²) in [5.74, 6) is 5.33. The first-order chi connectivity index (χ1) is 8.76. The molecule has 1 aromatic carbocycles. The van der Waals surface area contributed by atoms with Crippen LogP contribution in [0.15, 0.2) is 24.3 Å². The molecule has 0 atom stereocenters. The highest BCUT2D eigenvalue weighted by atomic mass is 32.2. The first kappa shape index (κ1) is 15.7. The van der Waals surface area contributed by atoms with E-state index >= 15 is 0 Å². The summed E-state index contributed by atoms with van der Waals surface area (Å²) in [6.45, 7) is 5.05. The SMILES string of the molecule is CC(C)(C)S(=O)(=O)NCc1ccc(C#CCO)cc1. The summed E-state index contributed by atoms with van der Waals surface area (Å²) in [4.78, 5) is 0. The van der Waals surface area contributed by atoms with E-state index in [1.54, 1.807) is 32.9 Å². The van der Waals surface area contributed by atoms with Crippen molar-refractivity contribution in [1.82, 2.24) is 4.72 Å². The van der Waals surface area contributed by atoms with Crippen molar-refractivity contribution in [2.45, 2.75) is 32.1 Å². The molecule has 4 nitrogen and oxygen atoms in total. The summed E-state index contributed by atoms with van der Waals surface area (Å²) >= 11 is 0. The van der Waals surface area contributed by atoms with Gasteiger partial charge in [-0.05, 0) is 38.5 Å². The topological polar surface area (TPSA) is 66.4 Å². The van der Waals surface area contributed by atoms with Crippen LogP contribution in [-0.2, 0) is 16.6 Å². The number of hydrogen-bond acceptors (Lipinski definition) is 3. The summed E-state index contributed by atoms with van der Waals surface area (Å²) in [6.07, 6.45) is 0. The average Bonchev–Trinajstić information content (AvgIpc) is 2.34. The van der Waals surface area contributed by atoms with Gasteiger partial charge in [0.25, 0.3) is 0 Å². The Bertz CT molecular complexity index is 572. The summed E-state index contributed by atoms with van der Waals surface area (Å²) in [7, 11) is -3.33. The normalized spacial score (nSPS) is 11.8. The molecular weight excluding hydrogens is 262 g/mol. The van der Waals surface area contributed by atoms with Gasteiger partial charge in [-0.25, -0.2) is 13.1 Å². The highest BCUT2D eigenvalue weighted by Crippen LogP contribution is 2.14. The second-order valence-electron chi connectivity index (χ2n) is 5.09. The van der Waals surface area contributed by atoms with Gasteiger partial charge in [0, 0.05) is 12.1 Å². The Morgan fingerprint density at radius 3 is 2.26 bits per heavy atom. The lowest BCUT2D eigenvalue weighted by molar-refractivity contribution is 0.350. The molecular formula is C14H19NO3S. The van der Waals surface area contributed by atoms with E-state index in [1.807, 2.05) is 12.1 Å². The number of nitrogens with one attached hydrogen (secondary N) is 1. The van der Waals surface area contributed by atoms with E-state index in [9.17, 15) is 8.42 Å². The minimum absolute atomic E-state index is 0.173. The van der Waals surface area contributed by atoms with Crippen LogP contribution in [0.2, 0.25) is 0 Å². The predicted molar refractivity (Wildman–Crippen MR) is 75.9 cm³/mol. The third-order valence-corrected chi connectivity index (χ3v) is 4.67. The van der Waals surface area contributed by atoms with Crippen molar-refractivity contribution in [3.8, 4) is 11.8 Å². The second-order valence-corrected chi connectivity index (χ2v) is 7.61. The zero-order chi connectivity index (χ0) is 14.5. The van der Waals surface area contributed by atoms with Crippen LogP contribution in [0, 0.1) is 11.8 Å². The van der Waals surface area contributed by atoms with Crippen LogP contribution in [-0.4, -0.2) is 24.9 Å². The maximum Gasteiger partial charge on any atom is 0.216 e. The Morgan fingerprint density at radius 1 is 1.21 bits per heavy atom. The van der Waals surface area contributed by atoms with Gasteiger partial charge in [-0.1, -0.05) is 24.0 Å². The molecule has 0 aliphatic rings. The van der Waals surface area contributed by atoms with Gasteiger partial charge in [0.2, 0.25) is 10.0 Å². The van der Waals surface area contributed by atoms with Crippen LogP contribution >= 0.6 is 0 Å². The maximum atomic E-state index is 11.9. The van der Waals surface area contributed by atoms with Gasteiger partial charge in [-0.3, -0.25) is 0 Å². The summed E-state index contributed by atoms with van der Waals surface area (Å²) in [6, 6.07) is 7.21. The van der Waals surface area contributed by atoms with Gasteiger partial charge in [0.15, 0.2) is 0 Å². The van der Waals surface area contributed by atoms with Gasteiger partial charge in [0.05, 0.1) is 4.75 Å². The Kier molecular flexibility index (Phi) is 5.12. The molecule has 0 aliphatic heterocycles. The highest BCUT2D eigenvalue weighted by molar-refractivity contribution is 7.90. The molecule has 0 fully saturated rings. The molecule has 2 N–H and O–H groups in total. The minimum Gasteiger partial charge on any atom is -0.384 e. The molecule has 0 aliphatic carbocycles. The molecule has 104 valence electrons. The van der Waals surface area contributed by atoms with Gasteiger partial charge >= 0.3 is 0 Å². The number of benzene rings is 1. The van der Waals surface area contributed by atoms with E-state index in [4.69, 9.17) is 5.11 Å². The van der Waals surface area contributed by atoms with Crippen molar-refractivity contribution in [2.24, 2.45) is 0 Å². The van der Waals surface area contributed by atoms with Crippen LogP contribution in [0.4, 0.5) is 0 Å². The third kappa shape index (κ3) is 4.67. The van der Waals surface area contributed by atoms with Crippen molar-refractivity contribution in [1.29, 1.82) is 0 Å². The molecule has 0 saturated carbocycles. The third-order valence-electron chi connectivity index (χ3n) is 2.54. The fourth-order valence-corrected chi connectivity index (χ4v) is 2.03. The quantitative estimate of drug-likeness (QED) is 0.819. The first-order valence-corrected chi connectivity index (χ1v) is 7.42. The van der Waals surface area contributed by atoms with Crippen molar-refractivity contribution in [3.63, 3.8) is 0 Å².